The van der Waals surface area contributed by atoms with Crippen molar-refractivity contribution >= 4 is 6.03 Å². The Morgan fingerprint density at radius 1 is 1.44 bits per heavy atom. The Bertz CT molecular complexity index is 286. The molecule has 2 aliphatic rings. The van der Waals surface area contributed by atoms with Crippen LogP contribution in [0, 0.1) is 11.3 Å². The number of amides is 2. The van der Waals surface area contributed by atoms with E-state index in [0.29, 0.717) is 12.5 Å². The minimum Gasteiger partial charge on any atom is -0.396 e. The van der Waals surface area contributed by atoms with Gasteiger partial charge < -0.3 is 20.5 Å². The van der Waals surface area contributed by atoms with Crippen molar-refractivity contribution < 1.29 is 14.6 Å². The highest BCUT2D eigenvalue weighted by molar-refractivity contribution is 5.74. The highest BCUT2D eigenvalue weighted by Crippen LogP contribution is 2.44. The Morgan fingerprint density at radius 3 is 2.67 bits per heavy atom. The van der Waals surface area contributed by atoms with E-state index in [4.69, 9.17) is 9.84 Å². The van der Waals surface area contributed by atoms with Gasteiger partial charge >= 0.3 is 6.03 Å². The molecule has 5 heteroatoms. The standard InChI is InChI=1S/C13H24N2O3/c1-10(11-2-6-18-7-3-11)15-12(17)14-8-13(9-16)4-5-13/h10-11,16H,2-9H2,1H3,(H2,14,15,17). The molecule has 2 amide bonds. The molecule has 0 bridgehead atoms. The van der Waals surface area contributed by atoms with Gasteiger partial charge in [0.25, 0.3) is 0 Å². The second-order valence-electron chi connectivity index (χ2n) is 5.72. The van der Waals surface area contributed by atoms with Gasteiger partial charge in [-0.25, -0.2) is 4.79 Å². The van der Waals surface area contributed by atoms with Crippen molar-refractivity contribution in [1.29, 1.82) is 0 Å². The van der Waals surface area contributed by atoms with Gasteiger partial charge in [0.2, 0.25) is 0 Å². The molecule has 0 aromatic rings. The van der Waals surface area contributed by atoms with E-state index in [2.05, 4.69) is 17.6 Å². The lowest BCUT2D eigenvalue weighted by molar-refractivity contribution is 0.0570. The lowest BCUT2D eigenvalue weighted by Crippen LogP contribution is -2.46. The fourth-order valence-electron chi connectivity index (χ4n) is 2.43. The highest BCUT2D eigenvalue weighted by Gasteiger charge is 2.42. The Morgan fingerprint density at radius 2 is 2.11 bits per heavy atom. The largest absolute Gasteiger partial charge is 0.396 e. The van der Waals surface area contributed by atoms with Crippen LogP contribution in [-0.4, -0.2) is 43.5 Å². The zero-order chi connectivity index (χ0) is 13.0. The van der Waals surface area contributed by atoms with Crippen LogP contribution in [0.5, 0.6) is 0 Å². The van der Waals surface area contributed by atoms with Gasteiger partial charge in [0.1, 0.15) is 0 Å². The van der Waals surface area contributed by atoms with E-state index in [9.17, 15) is 4.79 Å². The Hall–Kier alpha value is -0.810. The van der Waals surface area contributed by atoms with Crippen molar-refractivity contribution in [3.63, 3.8) is 0 Å². The molecule has 1 aliphatic heterocycles. The zero-order valence-electron chi connectivity index (χ0n) is 11.1. The molecule has 1 aliphatic carbocycles. The first-order valence-corrected chi connectivity index (χ1v) is 6.88. The van der Waals surface area contributed by atoms with Gasteiger partial charge in [-0.2, -0.15) is 0 Å². The summed E-state index contributed by atoms with van der Waals surface area (Å²) in [7, 11) is 0. The summed E-state index contributed by atoms with van der Waals surface area (Å²) in [6.45, 7) is 4.39. The van der Waals surface area contributed by atoms with Gasteiger partial charge in [-0.05, 0) is 38.5 Å². The van der Waals surface area contributed by atoms with Gasteiger partial charge in [0, 0.05) is 31.2 Å². The molecular formula is C13H24N2O3. The smallest absolute Gasteiger partial charge is 0.315 e. The molecular weight excluding hydrogens is 232 g/mol. The van der Waals surface area contributed by atoms with Crippen LogP contribution in [0.15, 0.2) is 0 Å². The molecule has 104 valence electrons. The van der Waals surface area contributed by atoms with Crippen molar-refractivity contribution in [2.45, 2.75) is 38.6 Å². The minimum absolute atomic E-state index is 0.0285. The number of aliphatic hydroxyl groups is 1. The van der Waals surface area contributed by atoms with Gasteiger partial charge in [-0.15, -0.1) is 0 Å². The third-order valence-electron chi connectivity index (χ3n) is 4.25. The molecule has 0 spiro atoms. The second kappa shape index (κ2) is 5.89. The molecule has 1 heterocycles. The minimum atomic E-state index is -0.117. The van der Waals surface area contributed by atoms with Crippen LogP contribution < -0.4 is 10.6 Å². The van der Waals surface area contributed by atoms with E-state index in [1.807, 2.05) is 0 Å². The summed E-state index contributed by atoms with van der Waals surface area (Å²) >= 11 is 0. The summed E-state index contributed by atoms with van der Waals surface area (Å²) in [5.41, 5.74) is -0.0285. The third kappa shape index (κ3) is 3.59. The normalized spacial score (nSPS) is 24.3. The van der Waals surface area contributed by atoms with E-state index in [0.717, 1.165) is 38.9 Å². The molecule has 2 fully saturated rings. The van der Waals surface area contributed by atoms with Crippen LogP contribution in [0.25, 0.3) is 0 Å². The maximum Gasteiger partial charge on any atom is 0.315 e. The number of nitrogens with one attached hydrogen (secondary N) is 2. The predicted molar refractivity (Wildman–Crippen MR) is 68.3 cm³/mol. The summed E-state index contributed by atoms with van der Waals surface area (Å²) in [4.78, 5) is 11.8. The molecule has 5 nitrogen and oxygen atoms in total. The Balaban J connectivity index is 1.66. The second-order valence-corrected chi connectivity index (χ2v) is 5.72. The van der Waals surface area contributed by atoms with Crippen LogP contribution in [0.1, 0.15) is 32.6 Å². The van der Waals surface area contributed by atoms with Crippen LogP contribution >= 0.6 is 0 Å². The van der Waals surface area contributed by atoms with Crippen molar-refractivity contribution in [3.05, 3.63) is 0 Å². The van der Waals surface area contributed by atoms with Crippen molar-refractivity contribution in [1.82, 2.24) is 10.6 Å². The lowest BCUT2D eigenvalue weighted by atomic mass is 9.93. The first kappa shape index (κ1) is 13.6. The van der Waals surface area contributed by atoms with E-state index >= 15 is 0 Å². The SMILES string of the molecule is CC(NC(=O)NCC1(CO)CC1)C1CCOCC1. The number of ether oxygens (including phenoxy) is 1. The van der Waals surface area contributed by atoms with E-state index in [-0.39, 0.29) is 24.1 Å². The van der Waals surface area contributed by atoms with Crippen molar-refractivity contribution in [3.8, 4) is 0 Å². The summed E-state index contributed by atoms with van der Waals surface area (Å²) in [6.07, 6.45) is 4.06. The molecule has 3 N–H and O–H groups in total. The summed E-state index contributed by atoms with van der Waals surface area (Å²) < 4.78 is 5.31. The monoisotopic (exact) mass is 256 g/mol. The number of hydrogen-bond donors (Lipinski definition) is 3. The molecule has 1 saturated heterocycles. The zero-order valence-corrected chi connectivity index (χ0v) is 11.1. The van der Waals surface area contributed by atoms with Crippen LogP contribution in [0.4, 0.5) is 4.79 Å². The molecule has 1 unspecified atom stereocenters. The first-order valence-electron chi connectivity index (χ1n) is 6.88. The maximum atomic E-state index is 11.8. The first-order chi connectivity index (χ1) is 8.65. The molecule has 1 atom stereocenters. The predicted octanol–water partition coefficient (Wildman–Crippen LogP) is 0.873. The van der Waals surface area contributed by atoms with E-state index < -0.39 is 0 Å². The number of rotatable bonds is 5. The third-order valence-corrected chi connectivity index (χ3v) is 4.25. The molecule has 2 rings (SSSR count). The summed E-state index contributed by atoms with van der Waals surface area (Å²) in [6, 6.07) is 0.0619. The van der Waals surface area contributed by atoms with Gasteiger partial charge in [-0.3, -0.25) is 0 Å². The Labute approximate surface area is 108 Å². The number of urea groups is 1. The fraction of sp³-hybridized carbons (Fsp3) is 0.923. The molecule has 1 saturated carbocycles. The summed E-state index contributed by atoms with van der Waals surface area (Å²) in [5.74, 6) is 0.511. The topological polar surface area (TPSA) is 70.6 Å². The van der Waals surface area contributed by atoms with E-state index in [1.165, 1.54) is 0 Å². The number of aliphatic hydroxyl groups excluding tert-OH is 1. The highest BCUT2D eigenvalue weighted by atomic mass is 16.5. The van der Waals surface area contributed by atoms with E-state index in [1.54, 1.807) is 0 Å². The fourth-order valence-corrected chi connectivity index (χ4v) is 2.43. The average Bonchev–Trinajstić information content (AvgIpc) is 3.18. The molecule has 0 radical (unpaired) electrons. The van der Waals surface area contributed by atoms with Gasteiger partial charge in [0.15, 0.2) is 0 Å². The molecule has 18 heavy (non-hydrogen) atoms. The average molecular weight is 256 g/mol. The van der Waals surface area contributed by atoms with Crippen LogP contribution in [-0.2, 0) is 4.74 Å². The quantitative estimate of drug-likeness (QED) is 0.683. The molecule has 0 aromatic heterocycles. The summed E-state index contributed by atoms with van der Waals surface area (Å²) in [5, 5.41) is 15.0. The number of hydrogen-bond acceptors (Lipinski definition) is 3. The molecule has 0 aromatic carbocycles. The van der Waals surface area contributed by atoms with Gasteiger partial charge in [-0.1, -0.05) is 0 Å². The van der Waals surface area contributed by atoms with Crippen molar-refractivity contribution in [2.24, 2.45) is 11.3 Å². The van der Waals surface area contributed by atoms with Crippen LogP contribution in [0.3, 0.4) is 0 Å². The van der Waals surface area contributed by atoms with Crippen molar-refractivity contribution in [2.75, 3.05) is 26.4 Å². The lowest BCUT2D eigenvalue weighted by Gasteiger charge is -2.28. The number of carbonyl (C=O) groups excluding carboxylic acids is 1. The maximum absolute atomic E-state index is 11.8. The van der Waals surface area contributed by atoms with Gasteiger partial charge in [0.05, 0.1) is 6.61 Å². The number of carbonyl (C=O) groups is 1. The van der Waals surface area contributed by atoms with Crippen LogP contribution in [0.2, 0.25) is 0 Å². The Kier molecular flexibility index (Phi) is 4.45.